The minimum Gasteiger partial charge on any atom is -0.440 e. The van der Waals surface area contributed by atoms with Crippen LogP contribution in [0.5, 0.6) is 0 Å². The zero-order chi connectivity index (χ0) is 20.1. The Morgan fingerprint density at radius 2 is 1.55 bits per heavy atom. The summed E-state index contributed by atoms with van der Waals surface area (Å²) in [7, 11) is 1.52. The fraction of sp³-hybridized carbons (Fsp3) is 0.0455. The van der Waals surface area contributed by atoms with E-state index in [0.29, 0.717) is 11.6 Å². The number of hydrogen-bond donors (Lipinski definition) is 1. The average molecular weight is 401 g/mol. The van der Waals surface area contributed by atoms with E-state index in [9.17, 15) is 9.59 Å². The van der Waals surface area contributed by atoms with Crippen molar-refractivity contribution in [2.45, 2.75) is 0 Å². The first-order chi connectivity index (χ1) is 14.0. The number of furan rings is 1. The first-order valence-corrected chi connectivity index (χ1v) is 9.39. The van der Waals surface area contributed by atoms with Crippen LogP contribution in [0.1, 0.15) is 5.76 Å². The number of fused-ring (bicyclic) bond motifs is 3. The van der Waals surface area contributed by atoms with Gasteiger partial charge in [0, 0.05) is 23.9 Å². The fourth-order valence-electron chi connectivity index (χ4n) is 3.59. The van der Waals surface area contributed by atoms with Crippen molar-refractivity contribution in [2.24, 2.45) is 0 Å². The highest BCUT2D eigenvalue weighted by atomic mass is 32.1. The van der Waals surface area contributed by atoms with Gasteiger partial charge in [-0.25, -0.2) is 0 Å². The number of nitrogens with zero attached hydrogens (tertiary/aromatic N) is 2. The minimum atomic E-state index is -0.534. The van der Waals surface area contributed by atoms with Gasteiger partial charge in [0.15, 0.2) is 5.11 Å². The summed E-state index contributed by atoms with van der Waals surface area (Å²) in [5.41, 5.74) is 2.00. The number of aromatic nitrogens is 1. The SMILES string of the molecule is CN1C(=O)/C(=C\c2ccc(-n3c4ccccc4c4ccccc43)o2)C(=O)NC1=S. The second kappa shape index (κ2) is 6.42. The molecule has 0 radical (unpaired) electrons. The molecule has 0 spiro atoms. The molecule has 1 aliphatic heterocycles. The van der Waals surface area contributed by atoms with E-state index in [1.54, 1.807) is 6.07 Å². The largest absolute Gasteiger partial charge is 0.440 e. The van der Waals surface area contributed by atoms with E-state index in [1.807, 2.05) is 47.0 Å². The number of para-hydroxylation sites is 2. The lowest BCUT2D eigenvalue weighted by molar-refractivity contribution is -0.128. The van der Waals surface area contributed by atoms with Gasteiger partial charge in [0.1, 0.15) is 11.3 Å². The Morgan fingerprint density at radius 1 is 0.931 bits per heavy atom. The molecule has 142 valence electrons. The molecule has 6 nitrogen and oxygen atoms in total. The molecule has 7 heteroatoms. The van der Waals surface area contributed by atoms with Crippen molar-refractivity contribution < 1.29 is 14.0 Å². The summed E-state index contributed by atoms with van der Waals surface area (Å²) in [6, 6.07) is 19.7. The molecule has 0 atom stereocenters. The third-order valence-corrected chi connectivity index (χ3v) is 5.38. The van der Waals surface area contributed by atoms with Crippen molar-refractivity contribution >= 4 is 57.0 Å². The molecular weight excluding hydrogens is 386 g/mol. The predicted molar refractivity (Wildman–Crippen MR) is 115 cm³/mol. The van der Waals surface area contributed by atoms with E-state index in [2.05, 4.69) is 17.4 Å². The molecule has 0 bridgehead atoms. The molecule has 1 aliphatic rings. The number of carbonyl (C=O) groups is 2. The first kappa shape index (κ1) is 17.4. The van der Waals surface area contributed by atoms with Crippen molar-refractivity contribution in [3.8, 4) is 5.88 Å². The molecule has 5 rings (SSSR count). The minimum absolute atomic E-state index is 0.0239. The highest BCUT2D eigenvalue weighted by Crippen LogP contribution is 2.32. The third-order valence-electron chi connectivity index (χ3n) is 5.00. The van der Waals surface area contributed by atoms with E-state index in [0.717, 1.165) is 21.8 Å². The summed E-state index contributed by atoms with van der Waals surface area (Å²) >= 11 is 4.97. The molecule has 1 saturated heterocycles. The summed E-state index contributed by atoms with van der Waals surface area (Å²) in [6.07, 6.45) is 1.44. The number of rotatable bonds is 2. The topological polar surface area (TPSA) is 67.5 Å². The zero-order valence-electron chi connectivity index (χ0n) is 15.4. The van der Waals surface area contributed by atoms with Gasteiger partial charge in [0.25, 0.3) is 11.8 Å². The Bertz CT molecular complexity index is 1310. The number of carbonyl (C=O) groups excluding carboxylic acids is 2. The smallest absolute Gasteiger partial charge is 0.265 e. The van der Waals surface area contributed by atoms with Crippen molar-refractivity contribution in [1.82, 2.24) is 14.8 Å². The van der Waals surface area contributed by atoms with Crippen LogP contribution in [0.4, 0.5) is 0 Å². The molecule has 0 aliphatic carbocycles. The molecule has 0 saturated carbocycles. The number of thiocarbonyl (C=S) groups is 1. The van der Waals surface area contributed by atoms with Crippen molar-refractivity contribution in [3.05, 3.63) is 72.0 Å². The summed E-state index contributed by atoms with van der Waals surface area (Å²) in [5.74, 6) is 0.00449. The molecule has 2 aromatic carbocycles. The highest BCUT2D eigenvalue weighted by molar-refractivity contribution is 7.80. The van der Waals surface area contributed by atoms with Gasteiger partial charge in [-0.1, -0.05) is 36.4 Å². The van der Waals surface area contributed by atoms with E-state index < -0.39 is 11.8 Å². The summed E-state index contributed by atoms with van der Waals surface area (Å²) in [6.45, 7) is 0. The van der Waals surface area contributed by atoms with Crippen LogP contribution in [0.15, 0.2) is 70.7 Å². The van der Waals surface area contributed by atoms with Gasteiger partial charge in [-0.3, -0.25) is 24.4 Å². The highest BCUT2D eigenvalue weighted by Gasteiger charge is 2.31. The predicted octanol–water partition coefficient (Wildman–Crippen LogP) is 3.63. The van der Waals surface area contributed by atoms with E-state index in [1.165, 1.54) is 18.0 Å². The number of nitrogens with one attached hydrogen (secondary N) is 1. The molecule has 3 heterocycles. The van der Waals surface area contributed by atoms with Gasteiger partial charge >= 0.3 is 0 Å². The fourth-order valence-corrected chi connectivity index (χ4v) is 3.76. The van der Waals surface area contributed by atoms with Gasteiger partial charge in [-0.15, -0.1) is 0 Å². The van der Waals surface area contributed by atoms with Gasteiger partial charge < -0.3 is 4.42 Å². The number of likely N-dealkylation sites (N-methyl/N-ethyl adjacent to an activating group) is 1. The summed E-state index contributed by atoms with van der Waals surface area (Å²) in [4.78, 5) is 25.8. The lowest BCUT2D eigenvalue weighted by Gasteiger charge is -2.24. The first-order valence-electron chi connectivity index (χ1n) is 8.98. The Balaban J connectivity index is 1.64. The summed E-state index contributed by atoms with van der Waals surface area (Å²) < 4.78 is 8.03. The Labute approximate surface area is 171 Å². The van der Waals surface area contributed by atoms with Crippen molar-refractivity contribution in [2.75, 3.05) is 7.05 Å². The molecule has 0 unspecified atom stereocenters. The van der Waals surface area contributed by atoms with Gasteiger partial charge in [0.05, 0.1) is 11.0 Å². The normalized spacial score (nSPS) is 16.2. The van der Waals surface area contributed by atoms with Crippen LogP contribution in [0.3, 0.4) is 0 Å². The quantitative estimate of drug-likeness (QED) is 0.316. The van der Waals surface area contributed by atoms with E-state index in [-0.39, 0.29) is 10.7 Å². The number of benzene rings is 2. The monoisotopic (exact) mass is 401 g/mol. The van der Waals surface area contributed by atoms with Crippen LogP contribution < -0.4 is 5.32 Å². The number of amides is 2. The second-order valence-electron chi connectivity index (χ2n) is 6.73. The maximum absolute atomic E-state index is 12.4. The standard InChI is InChI=1S/C22H15N3O3S/c1-24-21(27)16(20(26)23-22(24)29)12-13-10-11-19(28-13)25-17-8-4-2-6-14(17)15-7-3-5-9-18(15)25/h2-12H,1H3,(H,23,26,29)/b16-12-. The zero-order valence-corrected chi connectivity index (χ0v) is 16.2. The average Bonchev–Trinajstić information content (AvgIpc) is 3.31. The summed E-state index contributed by atoms with van der Waals surface area (Å²) in [5, 5.41) is 4.82. The van der Waals surface area contributed by atoms with Crippen LogP contribution in [0.25, 0.3) is 33.8 Å². The van der Waals surface area contributed by atoms with Crippen molar-refractivity contribution in [1.29, 1.82) is 0 Å². The molecule has 4 aromatic rings. The van der Waals surface area contributed by atoms with Crippen LogP contribution in [0, 0.1) is 0 Å². The third kappa shape index (κ3) is 2.67. The van der Waals surface area contributed by atoms with Gasteiger partial charge in [0.2, 0.25) is 5.88 Å². The van der Waals surface area contributed by atoms with Crippen LogP contribution in [0.2, 0.25) is 0 Å². The van der Waals surface area contributed by atoms with Gasteiger partial charge in [-0.2, -0.15) is 0 Å². The molecule has 29 heavy (non-hydrogen) atoms. The Kier molecular flexibility index (Phi) is 3.85. The van der Waals surface area contributed by atoms with Crippen LogP contribution in [-0.2, 0) is 9.59 Å². The molecule has 1 N–H and O–H groups in total. The van der Waals surface area contributed by atoms with Gasteiger partial charge in [-0.05, 0) is 36.5 Å². The van der Waals surface area contributed by atoms with E-state index in [4.69, 9.17) is 16.6 Å². The Morgan fingerprint density at radius 3 is 2.21 bits per heavy atom. The second-order valence-corrected chi connectivity index (χ2v) is 7.11. The molecule has 1 fully saturated rings. The maximum atomic E-state index is 12.4. The maximum Gasteiger partial charge on any atom is 0.265 e. The Hall–Kier alpha value is -3.71. The van der Waals surface area contributed by atoms with Crippen LogP contribution in [-0.4, -0.2) is 33.4 Å². The molecule has 2 aromatic heterocycles. The van der Waals surface area contributed by atoms with E-state index >= 15 is 0 Å². The molecule has 2 amide bonds. The lowest BCUT2D eigenvalue weighted by Crippen LogP contribution is -2.52. The molecular formula is C22H15N3O3S. The lowest BCUT2D eigenvalue weighted by atomic mass is 10.1. The number of hydrogen-bond acceptors (Lipinski definition) is 4. The van der Waals surface area contributed by atoms with Crippen molar-refractivity contribution in [3.63, 3.8) is 0 Å². The van der Waals surface area contributed by atoms with Crippen LogP contribution >= 0.6 is 12.2 Å².